The summed E-state index contributed by atoms with van der Waals surface area (Å²) in [4.78, 5) is 10.6. The minimum Gasteiger partial charge on any atom is -0.392 e. The summed E-state index contributed by atoms with van der Waals surface area (Å²) in [5.74, 6) is -0.514. The Morgan fingerprint density at radius 1 is 1.64 bits per heavy atom. The van der Waals surface area contributed by atoms with Crippen LogP contribution < -0.4 is 0 Å². The standard InChI is InChI=1S/C10H10BrFO2/c1-6(14)10(11)7-2-3-9(12)8(4-7)5-13/h2-4,10,13H,5H2,1H3. The molecule has 2 nitrogen and oxygen atoms in total. The Hall–Kier alpha value is -0.740. The molecule has 1 N–H and O–H groups in total. The van der Waals surface area contributed by atoms with Crippen LogP contribution in [0.4, 0.5) is 4.39 Å². The molecule has 0 aliphatic heterocycles. The fourth-order valence-corrected chi connectivity index (χ4v) is 1.39. The van der Waals surface area contributed by atoms with Gasteiger partial charge in [-0.2, -0.15) is 0 Å². The first-order valence-corrected chi connectivity index (χ1v) is 5.01. The summed E-state index contributed by atoms with van der Waals surface area (Å²) in [7, 11) is 0. The molecular weight excluding hydrogens is 251 g/mol. The van der Waals surface area contributed by atoms with Crippen LogP contribution in [-0.4, -0.2) is 10.9 Å². The molecule has 0 heterocycles. The number of alkyl halides is 1. The van der Waals surface area contributed by atoms with Crippen LogP contribution in [0.25, 0.3) is 0 Å². The number of carbonyl (C=O) groups excluding carboxylic acids is 1. The van der Waals surface area contributed by atoms with Gasteiger partial charge in [0.25, 0.3) is 0 Å². The van der Waals surface area contributed by atoms with E-state index in [4.69, 9.17) is 5.11 Å². The maximum Gasteiger partial charge on any atom is 0.147 e. The van der Waals surface area contributed by atoms with Crippen LogP contribution in [0.2, 0.25) is 0 Å². The molecule has 1 atom stereocenters. The Kier molecular flexibility index (Phi) is 3.77. The number of ketones is 1. The van der Waals surface area contributed by atoms with Gasteiger partial charge in [-0.1, -0.05) is 22.0 Å². The molecule has 0 saturated heterocycles. The predicted octanol–water partition coefficient (Wildman–Crippen LogP) is 2.34. The van der Waals surface area contributed by atoms with E-state index in [0.717, 1.165) is 0 Å². The molecule has 0 aliphatic carbocycles. The molecule has 0 amide bonds. The quantitative estimate of drug-likeness (QED) is 0.848. The van der Waals surface area contributed by atoms with E-state index in [-0.39, 0.29) is 18.0 Å². The van der Waals surface area contributed by atoms with Gasteiger partial charge in [0.15, 0.2) is 0 Å². The second-order valence-electron chi connectivity index (χ2n) is 2.98. The van der Waals surface area contributed by atoms with Crippen LogP contribution in [0.3, 0.4) is 0 Å². The molecule has 1 unspecified atom stereocenters. The first kappa shape index (κ1) is 11.3. The second-order valence-corrected chi connectivity index (χ2v) is 3.90. The number of rotatable bonds is 3. The van der Waals surface area contributed by atoms with Gasteiger partial charge in [0.1, 0.15) is 11.6 Å². The molecule has 0 fully saturated rings. The average Bonchev–Trinajstić information content (AvgIpc) is 2.17. The van der Waals surface area contributed by atoms with Crippen molar-refractivity contribution < 1.29 is 14.3 Å². The molecule has 1 aromatic rings. The highest BCUT2D eigenvalue weighted by atomic mass is 79.9. The van der Waals surface area contributed by atoms with E-state index >= 15 is 0 Å². The van der Waals surface area contributed by atoms with Gasteiger partial charge < -0.3 is 5.11 Å². The maximum atomic E-state index is 13.0. The third-order valence-electron chi connectivity index (χ3n) is 1.89. The number of aliphatic hydroxyl groups is 1. The molecule has 76 valence electrons. The Bertz CT molecular complexity index is 352. The van der Waals surface area contributed by atoms with Gasteiger partial charge in [-0.05, 0) is 24.6 Å². The van der Waals surface area contributed by atoms with Crippen molar-refractivity contribution in [1.82, 2.24) is 0 Å². The number of carbonyl (C=O) groups is 1. The largest absolute Gasteiger partial charge is 0.392 e. The van der Waals surface area contributed by atoms with Crippen molar-refractivity contribution in [3.63, 3.8) is 0 Å². The fraction of sp³-hybridized carbons (Fsp3) is 0.300. The van der Waals surface area contributed by atoms with Gasteiger partial charge in [0.2, 0.25) is 0 Å². The Morgan fingerprint density at radius 3 is 2.79 bits per heavy atom. The van der Waals surface area contributed by atoms with Crippen LogP contribution in [0.15, 0.2) is 18.2 Å². The number of Topliss-reactive ketones (excluding diaryl/α,β-unsaturated/α-hetero) is 1. The third kappa shape index (κ3) is 2.39. The van der Waals surface area contributed by atoms with Gasteiger partial charge >= 0.3 is 0 Å². The molecule has 4 heteroatoms. The van der Waals surface area contributed by atoms with Crippen molar-refractivity contribution in [3.05, 3.63) is 35.1 Å². The molecule has 14 heavy (non-hydrogen) atoms. The molecule has 0 aliphatic rings. The van der Waals surface area contributed by atoms with Crippen molar-refractivity contribution in [2.24, 2.45) is 0 Å². The normalized spacial score (nSPS) is 12.6. The van der Waals surface area contributed by atoms with Gasteiger partial charge in [0.05, 0.1) is 11.4 Å². The van der Waals surface area contributed by atoms with Crippen molar-refractivity contribution in [3.8, 4) is 0 Å². The highest BCUT2D eigenvalue weighted by Gasteiger charge is 2.14. The van der Waals surface area contributed by atoms with Crippen molar-refractivity contribution in [2.75, 3.05) is 0 Å². The number of hydrogen-bond acceptors (Lipinski definition) is 2. The van der Waals surface area contributed by atoms with E-state index < -0.39 is 10.6 Å². The Balaban J connectivity index is 3.06. The zero-order valence-corrected chi connectivity index (χ0v) is 9.21. The van der Waals surface area contributed by atoms with E-state index in [1.54, 1.807) is 0 Å². The van der Waals surface area contributed by atoms with Crippen LogP contribution in [0.5, 0.6) is 0 Å². The van der Waals surface area contributed by atoms with E-state index in [2.05, 4.69) is 15.9 Å². The van der Waals surface area contributed by atoms with Crippen molar-refractivity contribution in [2.45, 2.75) is 18.4 Å². The molecule has 1 aromatic carbocycles. The summed E-state index contributed by atoms with van der Waals surface area (Å²) in [6, 6.07) is 4.25. The van der Waals surface area contributed by atoms with Gasteiger partial charge in [-0.25, -0.2) is 4.39 Å². The van der Waals surface area contributed by atoms with Crippen LogP contribution in [0, 0.1) is 5.82 Å². The lowest BCUT2D eigenvalue weighted by Gasteiger charge is -2.08. The highest BCUT2D eigenvalue weighted by molar-refractivity contribution is 9.09. The second kappa shape index (κ2) is 4.66. The molecule has 0 aromatic heterocycles. The lowest BCUT2D eigenvalue weighted by molar-refractivity contribution is -0.116. The molecule has 0 saturated carbocycles. The number of hydrogen-bond donors (Lipinski definition) is 1. The topological polar surface area (TPSA) is 37.3 Å². The van der Waals surface area contributed by atoms with Gasteiger partial charge in [0, 0.05) is 5.56 Å². The first-order valence-electron chi connectivity index (χ1n) is 4.10. The van der Waals surface area contributed by atoms with Crippen molar-refractivity contribution in [1.29, 1.82) is 0 Å². The molecule has 0 spiro atoms. The summed E-state index contributed by atoms with van der Waals surface area (Å²) in [6.07, 6.45) is 0. The van der Waals surface area contributed by atoms with Crippen LogP contribution >= 0.6 is 15.9 Å². The summed E-state index contributed by atoms with van der Waals surface area (Å²) >= 11 is 3.18. The Morgan fingerprint density at radius 2 is 2.29 bits per heavy atom. The van der Waals surface area contributed by atoms with Gasteiger partial charge in [-0.3, -0.25) is 4.79 Å². The summed E-state index contributed by atoms with van der Waals surface area (Å²) in [6.45, 7) is 1.08. The minimum absolute atomic E-state index is 0.0551. The third-order valence-corrected chi connectivity index (χ3v) is 3.06. The van der Waals surface area contributed by atoms with Gasteiger partial charge in [-0.15, -0.1) is 0 Å². The monoisotopic (exact) mass is 260 g/mol. The predicted molar refractivity (Wildman–Crippen MR) is 54.7 cm³/mol. The lowest BCUT2D eigenvalue weighted by atomic mass is 10.1. The molecule has 1 rings (SSSR count). The Labute approximate surface area is 89.9 Å². The number of aliphatic hydroxyl groups excluding tert-OH is 1. The zero-order valence-electron chi connectivity index (χ0n) is 7.63. The molecule has 0 radical (unpaired) electrons. The van der Waals surface area contributed by atoms with Crippen molar-refractivity contribution >= 4 is 21.7 Å². The summed E-state index contributed by atoms with van der Waals surface area (Å²) in [5, 5.41) is 8.82. The highest BCUT2D eigenvalue weighted by Crippen LogP contribution is 2.25. The lowest BCUT2D eigenvalue weighted by Crippen LogP contribution is -2.02. The van der Waals surface area contributed by atoms with E-state index in [9.17, 15) is 9.18 Å². The van der Waals surface area contributed by atoms with E-state index in [1.165, 1.54) is 25.1 Å². The van der Waals surface area contributed by atoms with Crippen LogP contribution in [-0.2, 0) is 11.4 Å². The smallest absolute Gasteiger partial charge is 0.147 e. The van der Waals surface area contributed by atoms with E-state index in [1.807, 2.05) is 0 Å². The first-order chi connectivity index (χ1) is 6.56. The van der Waals surface area contributed by atoms with E-state index in [0.29, 0.717) is 5.56 Å². The average molecular weight is 261 g/mol. The van der Waals surface area contributed by atoms with Crippen LogP contribution in [0.1, 0.15) is 22.9 Å². The summed E-state index contributed by atoms with van der Waals surface area (Å²) in [5.41, 5.74) is 0.858. The molecule has 0 bridgehead atoms. The molecular formula is C10H10BrFO2. The number of benzene rings is 1. The zero-order chi connectivity index (χ0) is 10.7. The number of halogens is 2. The fourth-order valence-electron chi connectivity index (χ4n) is 1.11. The minimum atomic E-state index is -0.459. The summed E-state index contributed by atoms with van der Waals surface area (Å²) < 4.78 is 13.0. The maximum absolute atomic E-state index is 13.0. The SMILES string of the molecule is CC(=O)C(Br)c1ccc(F)c(CO)c1.